The number of rotatable bonds is 4. The van der Waals surface area contributed by atoms with Gasteiger partial charge in [0, 0.05) is 17.0 Å². The monoisotopic (exact) mass is 276 g/mol. The molecule has 19 heavy (non-hydrogen) atoms. The Hall–Kier alpha value is -1.39. The van der Waals surface area contributed by atoms with Crippen molar-refractivity contribution in [3.63, 3.8) is 0 Å². The van der Waals surface area contributed by atoms with Gasteiger partial charge in [0.15, 0.2) is 0 Å². The number of thiazole rings is 1. The van der Waals surface area contributed by atoms with Crippen LogP contribution >= 0.6 is 11.3 Å². The van der Waals surface area contributed by atoms with Crippen LogP contribution in [-0.4, -0.2) is 12.1 Å². The van der Waals surface area contributed by atoms with E-state index in [1.807, 2.05) is 13.0 Å². The Morgan fingerprint density at radius 2 is 2.11 bits per heavy atom. The molecule has 0 atom stereocenters. The molecule has 0 aliphatic carbocycles. The van der Waals surface area contributed by atoms with Crippen molar-refractivity contribution in [1.82, 2.24) is 4.98 Å². The summed E-state index contributed by atoms with van der Waals surface area (Å²) in [6.45, 7) is 6.88. The fraction of sp³-hybridized carbons (Fsp3) is 0.400. The molecule has 0 aliphatic rings. The molecule has 2 N–H and O–H groups in total. The Morgan fingerprint density at radius 1 is 1.37 bits per heavy atom. The summed E-state index contributed by atoms with van der Waals surface area (Å²) in [5.74, 6) is 1.33. The van der Waals surface area contributed by atoms with Gasteiger partial charge in [-0.25, -0.2) is 4.98 Å². The Morgan fingerprint density at radius 3 is 2.68 bits per heavy atom. The van der Waals surface area contributed by atoms with Gasteiger partial charge in [0.1, 0.15) is 5.75 Å². The van der Waals surface area contributed by atoms with E-state index in [0.717, 1.165) is 26.9 Å². The number of aryl methyl sites for hydroxylation is 1. The van der Waals surface area contributed by atoms with Gasteiger partial charge in [-0.15, -0.1) is 11.3 Å². The quantitative estimate of drug-likeness (QED) is 0.926. The van der Waals surface area contributed by atoms with E-state index in [-0.39, 0.29) is 0 Å². The SMILES string of the molecule is COc1ccc(C(C)C)cc1-c1nc(C)sc1CN. The van der Waals surface area contributed by atoms with E-state index in [4.69, 9.17) is 10.5 Å². The topological polar surface area (TPSA) is 48.1 Å². The second kappa shape index (κ2) is 5.72. The number of hydrogen-bond acceptors (Lipinski definition) is 4. The molecule has 0 amide bonds. The largest absolute Gasteiger partial charge is 0.496 e. The van der Waals surface area contributed by atoms with Crippen molar-refractivity contribution in [2.45, 2.75) is 33.2 Å². The molecule has 1 aromatic heterocycles. The van der Waals surface area contributed by atoms with Gasteiger partial charge in [-0.05, 0) is 30.5 Å². The van der Waals surface area contributed by atoms with E-state index in [0.29, 0.717) is 12.5 Å². The molecule has 0 unspecified atom stereocenters. The zero-order valence-electron chi connectivity index (χ0n) is 11.9. The van der Waals surface area contributed by atoms with Crippen LogP contribution in [0.2, 0.25) is 0 Å². The standard InChI is InChI=1S/C15H20N2OS/c1-9(2)11-5-6-13(18-4)12(7-11)15-14(8-16)19-10(3)17-15/h5-7,9H,8,16H2,1-4H3. The zero-order chi connectivity index (χ0) is 14.0. The lowest BCUT2D eigenvalue weighted by Gasteiger charge is -2.12. The maximum Gasteiger partial charge on any atom is 0.128 e. The van der Waals surface area contributed by atoms with Crippen LogP contribution in [0.15, 0.2) is 18.2 Å². The van der Waals surface area contributed by atoms with Crippen molar-refractivity contribution in [3.8, 4) is 17.0 Å². The first-order valence-electron chi connectivity index (χ1n) is 6.41. The first-order chi connectivity index (χ1) is 9.06. The van der Waals surface area contributed by atoms with Gasteiger partial charge in [-0.1, -0.05) is 19.9 Å². The number of methoxy groups -OCH3 is 1. The number of aromatic nitrogens is 1. The Balaban J connectivity index is 2.61. The van der Waals surface area contributed by atoms with Crippen LogP contribution in [0, 0.1) is 6.92 Å². The summed E-state index contributed by atoms with van der Waals surface area (Å²) in [6, 6.07) is 6.28. The number of ether oxygens (including phenoxy) is 1. The molecule has 2 aromatic rings. The van der Waals surface area contributed by atoms with Crippen LogP contribution in [0.25, 0.3) is 11.3 Å². The highest BCUT2D eigenvalue weighted by Gasteiger charge is 2.15. The maximum atomic E-state index is 5.82. The average Bonchev–Trinajstić information content (AvgIpc) is 2.78. The molecule has 0 bridgehead atoms. The van der Waals surface area contributed by atoms with Gasteiger partial charge < -0.3 is 10.5 Å². The summed E-state index contributed by atoms with van der Waals surface area (Å²) in [6.07, 6.45) is 0. The molecule has 4 heteroatoms. The molecule has 3 nitrogen and oxygen atoms in total. The molecule has 0 aliphatic heterocycles. The van der Waals surface area contributed by atoms with Crippen molar-refractivity contribution in [3.05, 3.63) is 33.6 Å². The van der Waals surface area contributed by atoms with Crippen LogP contribution < -0.4 is 10.5 Å². The molecule has 1 heterocycles. The summed E-state index contributed by atoms with van der Waals surface area (Å²) < 4.78 is 5.47. The Labute approximate surface area is 118 Å². The third kappa shape index (κ3) is 2.80. The minimum atomic E-state index is 0.478. The van der Waals surface area contributed by atoms with Gasteiger partial charge in [0.05, 0.1) is 17.8 Å². The fourth-order valence-electron chi connectivity index (χ4n) is 2.09. The molecule has 0 saturated carbocycles. The first kappa shape index (κ1) is 14.0. The van der Waals surface area contributed by atoms with Crippen LogP contribution in [0.4, 0.5) is 0 Å². The normalized spacial score (nSPS) is 11.1. The first-order valence-corrected chi connectivity index (χ1v) is 7.23. The van der Waals surface area contributed by atoms with E-state index in [2.05, 4.69) is 31.0 Å². The lowest BCUT2D eigenvalue weighted by molar-refractivity contribution is 0.416. The van der Waals surface area contributed by atoms with Crippen molar-refractivity contribution >= 4 is 11.3 Å². The van der Waals surface area contributed by atoms with Crippen molar-refractivity contribution < 1.29 is 4.74 Å². The maximum absolute atomic E-state index is 5.82. The average molecular weight is 276 g/mol. The minimum Gasteiger partial charge on any atom is -0.496 e. The van der Waals surface area contributed by atoms with Gasteiger partial charge >= 0.3 is 0 Å². The van der Waals surface area contributed by atoms with E-state index < -0.39 is 0 Å². The fourth-order valence-corrected chi connectivity index (χ4v) is 2.92. The van der Waals surface area contributed by atoms with Crippen LogP contribution in [0.1, 0.15) is 35.2 Å². The predicted molar refractivity (Wildman–Crippen MR) is 80.8 cm³/mol. The summed E-state index contributed by atoms with van der Waals surface area (Å²) in [5, 5.41) is 1.03. The van der Waals surface area contributed by atoms with E-state index >= 15 is 0 Å². The van der Waals surface area contributed by atoms with Gasteiger partial charge in [-0.3, -0.25) is 0 Å². The van der Waals surface area contributed by atoms with E-state index in [1.54, 1.807) is 18.4 Å². The predicted octanol–water partition coefficient (Wildman–Crippen LogP) is 3.71. The van der Waals surface area contributed by atoms with E-state index in [1.165, 1.54) is 5.56 Å². The summed E-state index contributed by atoms with van der Waals surface area (Å²) in [7, 11) is 1.69. The third-order valence-electron chi connectivity index (χ3n) is 3.13. The summed E-state index contributed by atoms with van der Waals surface area (Å²) >= 11 is 1.65. The Bertz CT molecular complexity index is 576. The molecule has 0 radical (unpaired) electrons. The smallest absolute Gasteiger partial charge is 0.128 e. The molecular weight excluding hydrogens is 256 g/mol. The molecule has 102 valence electrons. The van der Waals surface area contributed by atoms with Gasteiger partial charge in [0.2, 0.25) is 0 Å². The molecule has 1 aromatic carbocycles. The van der Waals surface area contributed by atoms with Crippen LogP contribution in [0.3, 0.4) is 0 Å². The van der Waals surface area contributed by atoms with Crippen molar-refractivity contribution in [1.29, 1.82) is 0 Å². The zero-order valence-corrected chi connectivity index (χ0v) is 12.7. The second-order valence-electron chi connectivity index (χ2n) is 4.82. The Kier molecular flexibility index (Phi) is 4.22. The minimum absolute atomic E-state index is 0.478. The summed E-state index contributed by atoms with van der Waals surface area (Å²) in [4.78, 5) is 5.73. The molecule has 2 rings (SSSR count). The molecule has 0 saturated heterocycles. The molecular formula is C15H20N2OS. The van der Waals surface area contributed by atoms with E-state index in [9.17, 15) is 0 Å². The molecule has 0 spiro atoms. The highest BCUT2D eigenvalue weighted by Crippen LogP contribution is 2.36. The third-order valence-corrected chi connectivity index (χ3v) is 4.13. The van der Waals surface area contributed by atoms with Crippen molar-refractivity contribution in [2.24, 2.45) is 5.73 Å². The second-order valence-corrected chi connectivity index (χ2v) is 6.11. The number of nitrogens with zero attached hydrogens (tertiary/aromatic N) is 1. The van der Waals surface area contributed by atoms with Crippen molar-refractivity contribution in [2.75, 3.05) is 7.11 Å². The van der Waals surface area contributed by atoms with Crippen LogP contribution in [0.5, 0.6) is 5.75 Å². The summed E-state index contributed by atoms with van der Waals surface area (Å²) in [5.41, 5.74) is 9.10. The highest BCUT2D eigenvalue weighted by molar-refractivity contribution is 7.12. The number of benzene rings is 1. The number of nitrogens with two attached hydrogens (primary N) is 1. The van der Waals surface area contributed by atoms with Gasteiger partial charge in [0.25, 0.3) is 0 Å². The number of hydrogen-bond donors (Lipinski definition) is 1. The molecule has 0 fully saturated rings. The van der Waals surface area contributed by atoms with Crippen LogP contribution in [-0.2, 0) is 6.54 Å². The lowest BCUT2D eigenvalue weighted by atomic mass is 9.98. The lowest BCUT2D eigenvalue weighted by Crippen LogP contribution is -1.98. The van der Waals surface area contributed by atoms with Gasteiger partial charge in [-0.2, -0.15) is 0 Å². The highest BCUT2D eigenvalue weighted by atomic mass is 32.1.